The lowest BCUT2D eigenvalue weighted by Crippen LogP contribution is -2.49. The van der Waals surface area contributed by atoms with Crippen molar-refractivity contribution in [3.63, 3.8) is 0 Å². The summed E-state index contributed by atoms with van der Waals surface area (Å²) in [6.07, 6.45) is 6.79. The first-order chi connectivity index (χ1) is 12.4. The number of hydrogen-bond acceptors (Lipinski definition) is 4. The summed E-state index contributed by atoms with van der Waals surface area (Å²) in [5, 5.41) is 3.44. The number of carbonyl (C=O) groups excluding carboxylic acids is 1. The summed E-state index contributed by atoms with van der Waals surface area (Å²) < 4.78 is 5.70. The number of nitrogens with two attached hydrogens (primary N) is 1. The number of hydrogen-bond donors (Lipinski definition) is 2. The van der Waals surface area contributed by atoms with Gasteiger partial charge in [-0.05, 0) is 58.1 Å². The first-order valence-corrected chi connectivity index (χ1v) is 10.1. The van der Waals surface area contributed by atoms with Crippen LogP contribution < -0.4 is 11.1 Å². The van der Waals surface area contributed by atoms with Crippen molar-refractivity contribution in [2.24, 2.45) is 17.6 Å². The molecule has 4 heteroatoms. The Labute approximate surface area is 158 Å². The third-order valence-corrected chi connectivity index (χ3v) is 5.11. The molecule has 2 atom stereocenters. The molecule has 1 aliphatic rings. The van der Waals surface area contributed by atoms with Gasteiger partial charge in [0.2, 0.25) is 0 Å². The molecule has 2 rings (SSSR count). The number of ether oxygens (including phenoxy) is 1. The van der Waals surface area contributed by atoms with Gasteiger partial charge in [-0.3, -0.25) is 4.79 Å². The molecule has 26 heavy (non-hydrogen) atoms. The molecule has 1 saturated carbocycles. The third kappa shape index (κ3) is 7.08. The van der Waals surface area contributed by atoms with Gasteiger partial charge in [-0.1, -0.05) is 49.6 Å². The molecule has 1 aliphatic carbocycles. The van der Waals surface area contributed by atoms with Gasteiger partial charge in [0.05, 0.1) is 5.92 Å². The van der Waals surface area contributed by atoms with Crippen molar-refractivity contribution in [1.29, 1.82) is 0 Å². The lowest BCUT2D eigenvalue weighted by Gasteiger charge is -2.34. The maximum atomic E-state index is 12.8. The normalized spacial score (nSPS) is 18.3. The van der Waals surface area contributed by atoms with E-state index in [1.807, 2.05) is 26.8 Å². The highest BCUT2D eigenvalue weighted by Crippen LogP contribution is 2.33. The van der Waals surface area contributed by atoms with Crippen LogP contribution in [0.3, 0.4) is 0 Å². The van der Waals surface area contributed by atoms with E-state index in [4.69, 9.17) is 10.5 Å². The highest BCUT2D eigenvalue weighted by Gasteiger charge is 2.36. The van der Waals surface area contributed by atoms with E-state index < -0.39 is 5.60 Å². The summed E-state index contributed by atoms with van der Waals surface area (Å²) in [6.45, 7) is 7.28. The van der Waals surface area contributed by atoms with Crippen LogP contribution in [0.2, 0.25) is 0 Å². The summed E-state index contributed by atoms with van der Waals surface area (Å²) in [4.78, 5) is 12.8. The predicted octanol–water partition coefficient (Wildman–Crippen LogP) is 3.68. The van der Waals surface area contributed by atoms with Crippen LogP contribution in [0.1, 0.15) is 58.4 Å². The van der Waals surface area contributed by atoms with E-state index in [2.05, 4.69) is 29.6 Å². The molecule has 1 aromatic carbocycles. The fraction of sp³-hybridized carbons (Fsp3) is 0.682. The Morgan fingerprint density at radius 2 is 1.85 bits per heavy atom. The van der Waals surface area contributed by atoms with Crippen LogP contribution in [-0.4, -0.2) is 30.7 Å². The molecule has 1 aromatic rings. The number of benzene rings is 1. The highest BCUT2D eigenvalue weighted by molar-refractivity contribution is 5.74. The van der Waals surface area contributed by atoms with Gasteiger partial charge in [0, 0.05) is 12.6 Å². The Kier molecular flexibility index (Phi) is 8.11. The van der Waals surface area contributed by atoms with E-state index in [-0.39, 0.29) is 17.9 Å². The number of nitrogens with one attached hydrogen (secondary N) is 1. The largest absolute Gasteiger partial charge is 0.460 e. The summed E-state index contributed by atoms with van der Waals surface area (Å²) in [6, 6.07) is 10.2. The third-order valence-electron chi connectivity index (χ3n) is 5.11. The Balaban J connectivity index is 1.89. The molecule has 0 aliphatic heterocycles. The van der Waals surface area contributed by atoms with Crippen LogP contribution in [0.25, 0.3) is 0 Å². The smallest absolute Gasteiger partial charge is 0.311 e. The van der Waals surface area contributed by atoms with Gasteiger partial charge in [-0.25, -0.2) is 0 Å². The quantitative estimate of drug-likeness (QED) is 0.548. The van der Waals surface area contributed by atoms with Gasteiger partial charge in [0.25, 0.3) is 0 Å². The number of esters is 1. The van der Waals surface area contributed by atoms with Crippen molar-refractivity contribution in [2.45, 2.75) is 70.9 Å². The molecule has 1 fully saturated rings. The molecule has 0 heterocycles. The Hall–Kier alpha value is -1.39. The van der Waals surface area contributed by atoms with Crippen LogP contribution in [0, 0.1) is 11.8 Å². The second-order valence-electron chi connectivity index (χ2n) is 8.56. The molecule has 2 unspecified atom stereocenters. The SMILES string of the molecule is CC(C)(C)OC(=O)C(C(N)CNCCc1ccccc1)C1CCCCC1. The van der Waals surface area contributed by atoms with Crippen LogP contribution in [0.15, 0.2) is 30.3 Å². The molecule has 146 valence electrons. The molecule has 0 amide bonds. The van der Waals surface area contributed by atoms with Gasteiger partial charge < -0.3 is 15.8 Å². The minimum absolute atomic E-state index is 0.123. The number of rotatable bonds is 8. The van der Waals surface area contributed by atoms with Gasteiger partial charge in [-0.2, -0.15) is 0 Å². The van der Waals surface area contributed by atoms with Crippen molar-refractivity contribution in [3.05, 3.63) is 35.9 Å². The van der Waals surface area contributed by atoms with Crippen LogP contribution in [-0.2, 0) is 16.0 Å². The maximum Gasteiger partial charge on any atom is 0.311 e. The Morgan fingerprint density at radius 1 is 1.19 bits per heavy atom. The van der Waals surface area contributed by atoms with Gasteiger partial charge in [-0.15, -0.1) is 0 Å². The van der Waals surface area contributed by atoms with E-state index in [9.17, 15) is 4.79 Å². The molecule has 0 radical (unpaired) electrons. The van der Waals surface area contributed by atoms with Crippen molar-refractivity contribution in [1.82, 2.24) is 5.32 Å². The molecular weight excluding hydrogens is 324 g/mol. The van der Waals surface area contributed by atoms with Crippen molar-refractivity contribution < 1.29 is 9.53 Å². The van der Waals surface area contributed by atoms with E-state index in [0.29, 0.717) is 12.5 Å². The van der Waals surface area contributed by atoms with Crippen molar-refractivity contribution in [3.8, 4) is 0 Å². The van der Waals surface area contributed by atoms with Crippen LogP contribution in [0.4, 0.5) is 0 Å². The highest BCUT2D eigenvalue weighted by atomic mass is 16.6. The molecule has 0 spiro atoms. The summed E-state index contributed by atoms with van der Waals surface area (Å²) in [5.74, 6) is 0.0185. The Bertz CT molecular complexity index is 533. The summed E-state index contributed by atoms with van der Waals surface area (Å²) in [7, 11) is 0. The van der Waals surface area contributed by atoms with Crippen LogP contribution in [0.5, 0.6) is 0 Å². The second kappa shape index (κ2) is 10.1. The fourth-order valence-corrected chi connectivity index (χ4v) is 3.85. The molecule has 4 nitrogen and oxygen atoms in total. The minimum atomic E-state index is -0.468. The zero-order valence-corrected chi connectivity index (χ0v) is 16.7. The second-order valence-corrected chi connectivity index (χ2v) is 8.56. The van der Waals surface area contributed by atoms with E-state index >= 15 is 0 Å². The standard InChI is InChI=1S/C22H36N2O2/c1-22(2,3)26-21(25)20(18-12-8-5-9-13-18)19(23)16-24-15-14-17-10-6-4-7-11-17/h4,6-7,10-11,18-20,24H,5,8-9,12-16,23H2,1-3H3. The van der Waals surface area contributed by atoms with E-state index in [0.717, 1.165) is 25.8 Å². The molecule has 0 aromatic heterocycles. The Morgan fingerprint density at radius 3 is 2.46 bits per heavy atom. The molecule has 0 saturated heterocycles. The topological polar surface area (TPSA) is 64.3 Å². The molecule has 3 N–H and O–H groups in total. The summed E-state index contributed by atoms with van der Waals surface area (Å²) in [5.41, 5.74) is 7.33. The zero-order valence-electron chi connectivity index (χ0n) is 16.7. The van der Waals surface area contributed by atoms with Gasteiger partial charge >= 0.3 is 5.97 Å². The monoisotopic (exact) mass is 360 g/mol. The zero-order chi connectivity index (χ0) is 19.0. The van der Waals surface area contributed by atoms with Crippen molar-refractivity contribution >= 4 is 5.97 Å². The molecular formula is C22H36N2O2. The summed E-state index contributed by atoms with van der Waals surface area (Å²) >= 11 is 0. The minimum Gasteiger partial charge on any atom is -0.460 e. The molecule has 0 bridgehead atoms. The lowest BCUT2D eigenvalue weighted by molar-refractivity contribution is -0.163. The first kappa shape index (κ1) is 20.9. The van der Waals surface area contributed by atoms with E-state index in [1.165, 1.54) is 24.8 Å². The van der Waals surface area contributed by atoms with Gasteiger partial charge in [0.15, 0.2) is 0 Å². The van der Waals surface area contributed by atoms with Gasteiger partial charge in [0.1, 0.15) is 5.60 Å². The fourth-order valence-electron chi connectivity index (χ4n) is 3.85. The lowest BCUT2D eigenvalue weighted by atomic mass is 9.76. The van der Waals surface area contributed by atoms with E-state index in [1.54, 1.807) is 0 Å². The van der Waals surface area contributed by atoms with Crippen molar-refractivity contribution in [2.75, 3.05) is 13.1 Å². The average Bonchev–Trinajstić information content (AvgIpc) is 2.59. The maximum absolute atomic E-state index is 12.8. The number of carbonyl (C=O) groups is 1. The average molecular weight is 361 g/mol. The predicted molar refractivity (Wildman–Crippen MR) is 107 cm³/mol. The first-order valence-electron chi connectivity index (χ1n) is 10.1. The van der Waals surface area contributed by atoms with Crippen LogP contribution >= 0.6 is 0 Å².